The smallest absolute Gasteiger partial charge is 0.145 e. The highest BCUT2D eigenvalue weighted by molar-refractivity contribution is 5.71. The number of carbonyl (C=O) groups excluding carboxylic acids is 1. The first-order valence-corrected chi connectivity index (χ1v) is 4.13. The zero-order valence-electron chi connectivity index (χ0n) is 7.66. The molecule has 2 heteroatoms. The Bertz CT molecular complexity index is 180. The Morgan fingerprint density at radius 3 is 2.75 bits per heavy atom. The predicted octanol–water partition coefficient (Wildman–Crippen LogP) is 2.62. The van der Waals surface area contributed by atoms with E-state index in [1.54, 1.807) is 13.0 Å². The molecule has 0 saturated heterocycles. The standard InChI is InChI=1S/C10H16O2/c1-9(6-7-11)4-3-5-10(2)8-12/h5-9,11H,3-4H2,1-2H3/b7-6+,10-5+/t9-/m1/s1. The van der Waals surface area contributed by atoms with Gasteiger partial charge in [0.1, 0.15) is 6.29 Å². The molecule has 0 aromatic heterocycles. The van der Waals surface area contributed by atoms with Gasteiger partial charge in [0.15, 0.2) is 0 Å². The number of aldehydes is 1. The quantitative estimate of drug-likeness (QED) is 0.389. The first kappa shape index (κ1) is 11.0. The van der Waals surface area contributed by atoms with E-state index in [1.807, 2.05) is 13.0 Å². The molecule has 0 saturated carbocycles. The van der Waals surface area contributed by atoms with Crippen molar-refractivity contribution < 1.29 is 9.90 Å². The van der Waals surface area contributed by atoms with Gasteiger partial charge in [0.25, 0.3) is 0 Å². The second kappa shape index (κ2) is 6.65. The Morgan fingerprint density at radius 2 is 2.25 bits per heavy atom. The van der Waals surface area contributed by atoms with Gasteiger partial charge < -0.3 is 5.11 Å². The van der Waals surface area contributed by atoms with Crippen LogP contribution in [0.5, 0.6) is 0 Å². The van der Waals surface area contributed by atoms with Crippen LogP contribution in [0.3, 0.4) is 0 Å². The van der Waals surface area contributed by atoms with Crippen molar-refractivity contribution in [2.24, 2.45) is 5.92 Å². The van der Waals surface area contributed by atoms with Gasteiger partial charge in [0.2, 0.25) is 0 Å². The van der Waals surface area contributed by atoms with Gasteiger partial charge in [-0.25, -0.2) is 0 Å². The van der Waals surface area contributed by atoms with E-state index in [-0.39, 0.29) is 0 Å². The summed E-state index contributed by atoms with van der Waals surface area (Å²) in [5.41, 5.74) is 0.773. The molecular weight excluding hydrogens is 152 g/mol. The summed E-state index contributed by atoms with van der Waals surface area (Å²) in [6.45, 7) is 3.82. The number of aliphatic hydroxyl groups is 1. The van der Waals surface area contributed by atoms with Crippen LogP contribution in [-0.4, -0.2) is 11.4 Å². The van der Waals surface area contributed by atoms with E-state index in [0.717, 1.165) is 31.0 Å². The molecule has 2 nitrogen and oxygen atoms in total. The van der Waals surface area contributed by atoms with Crippen molar-refractivity contribution in [3.63, 3.8) is 0 Å². The highest BCUT2D eigenvalue weighted by atomic mass is 16.2. The molecule has 0 amide bonds. The minimum Gasteiger partial charge on any atom is -0.516 e. The number of hydrogen-bond donors (Lipinski definition) is 1. The zero-order chi connectivity index (χ0) is 9.40. The predicted molar refractivity (Wildman–Crippen MR) is 50.0 cm³/mol. The molecule has 0 aliphatic carbocycles. The third kappa shape index (κ3) is 5.71. The van der Waals surface area contributed by atoms with Gasteiger partial charge in [-0.2, -0.15) is 0 Å². The minimum absolute atomic E-state index is 0.366. The van der Waals surface area contributed by atoms with Crippen LogP contribution >= 0.6 is 0 Å². The number of hydrogen-bond acceptors (Lipinski definition) is 2. The van der Waals surface area contributed by atoms with Crippen LogP contribution in [0, 0.1) is 5.92 Å². The molecule has 1 N–H and O–H groups in total. The first-order valence-electron chi connectivity index (χ1n) is 4.13. The molecule has 0 fully saturated rings. The zero-order valence-corrected chi connectivity index (χ0v) is 7.66. The van der Waals surface area contributed by atoms with Crippen LogP contribution in [-0.2, 0) is 4.79 Å². The fraction of sp³-hybridized carbons (Fsp3) is 0.500. The Labute approximate surface area is 73.6 Å². The number of rotatable bonds is 5. The van der Waals surface area contributed by atoms with E-state index in [9.17, 15) is 4.79 Å². The van der Waals surface area contributed by atoms with Gasteiger partial charge in [-0.3, -0.25) is 4.79 Å². The molecule has 0 aliphatic heterocycles. The van der Waals surface area contributed by atoms with E-state index >= 15 is 0 Å². The summed E-state index contributed by atoms with van der Waals surface area (Å²) in [6.07, 6.45) is 7.42. The average molecular weight is 168 g/mol. The van der Waals surface area contributed by atoms with Gasteiger partial charge in [-0.05, 0) is 37.3 Å². The molecule has 0 rings (SSSR count). The lowest BCUT2D eigenvalue weighted by molar-refractivity contribution is -0.104. The topological polar surface area (TPSA) is 37.3 Å². The maximum atomic E-state index is 10.2. The van der Waals surface area contributed by atoms with Crippen molar-refractivity contribution in [2.45, 2.75) is 26.7 Å². The summed E-state index contributed by atoms with van der Waals surface area (Å²) in [4.78, 5) is 10.2. The summed E-state index contributed by atoms with van der Waals surface area (Å²) < 4.78 is 0. The van der Waals surface area contributed by atoms with Crippen molar-refractivity contribution in [3.8, 4) is 0 Å². The largest absolute Gasteiger partial charge is 0.516 e. The summed E-state index contributed by atoms with van der Waals surface area (Å²) >= 11 is 0. The van der Waals surface area contributed by atoms with Crippen molar-refractivity contribution in [2.75, 3.05) is 0 Å². The van der Waals surface area contributed by atoms with E-state index in [0.29, 0.717) is 5.92 Å². The normalized spacial score (nSPS) is 15.0. The van der Waals surface area contributed by atoms with Crippen molar-refractivity contribution >= 4 is 6.29 Å². The maximum absolute atomic E-state index is 10.2. The Hall–Kier alpha value is -1.05. The number of aliphatic hydroxyl groups excluding tert-OH is 1. The van der Waals surface area contributed by atoms with E-state index in [2.05, 4.69) is 0 Å². The van der Waals surface area contributed by atoms with Crippen LogP contribution in [0.4, 0.5) is 0 Å². The van der Waals surface area contributed by atoms with E-state index < -0.39 is 0 Å². The highest BCUT2D eigenvalue weighted by Crippen LogP contribution is 2.08. The lowest BCUT2D eigenvalue weighted by atomic mass is 10.1. The van der Waals surface area contributed by atoms with Gasteiger partial charge in [0.05, 0.1) is 6.26 Å². The summed E-state index contributed by atoms with van der Waals surface area (Å²) in [7, 11) is 0. The summed E-state index contributed by atoms with van der Waals surface area (Å²) in [5.74, 6) is 0.366. The lowest BCUT2D eigenvalue weighted by Crippen LogP contribution is -1.88. The highest BCUT2D eigenvalue weighted by Gasteiger charge is 1.94. The van der Waals surface area contributed by atoms with E-state index in [1.165, 1.54) is 0 Å². The Kier molecular flexibility index (Phi) is 6.07. The summed E-state index contributed by atoms with van der Waals surface area (Å²) in [5, 5.41) is 8.44. The van der Waals surface area contributed by atoms with Crippen molar-refractivity contribution in [1.82, 2.24) is 0 Å². The van der Waals surface area contributed by atoms with Gasteiger partial charge >= 0.3 is 0 Å². The number of carbonyl (C=O) groups is 1. The number of allylic oxidation sites excluding steroid dienone is 3. The molecule has 0 aromatic rings. The third-order valence-corrected chi connectivity index (χ3v) is 1.69. The second-order valence-electron chi connectivity index (χ2n) is 2.96. The lowest BCUT2D eigenvalue weighted by Gasteiger charge is -2.01. The molecule has 12 heavy (non-hydrogen) atoms. The Morgan fingerprint density at radius 1 is 1.58 bits per heavy atom. The summed E-state index contributed by atoms with van der Waals surface area (Å²) in [6, 6.07) is 0. The van der Waals surface area contributed by atoms with E-state index in [4.69, 9.17) is 5.11 Å². The fourth-order valence-electron chi connectivity index (χ4n) is 0.865. The van der Waals surface area contributed by atoms with Crippen molar-refractivity contribution in [3.05, 3.63) is 24.0 Å². The fourth-order valence-corrected chi connectivity index (χ4v) is 0.865. The van der Waals surface area contributed by atoms with Gasteiger partial charge in [0, 0.05) is 0 Å². The molecule has 0 unspecified atom stereocenters. The SMILES string of the molecule is C/C(C=O)=C\CC[C@@H](C)/C=C/O. The van der Waals surface area contributed by atoms with Crippen molar-refractivity contribution in [1.29, 1.82) is 0 Å². The first-order chi connectivity index (χ1) is 5.70. The maximum Gasteiger partial charge on any atom is 0.145 e. The molecule has 68 valence electrons. The van der Waals surface area contributed by atoms with Crippen LogP contribution in [0.1, 0.15) is 26.7 Å². The van der Waals surface area contributed by atoms with Crippen LogP contribution < -0.4 is 0 Å². The molecule has 0 aliphatic rings. The van der Waals surface area contributed by atoms with Gasteiger partial charge in [-0.1, -0.05) is 13.0 Å². The molecule has 0 spiro atoms. The molecule has 0 heterocycles. The van der Waals surface area contributed by atoms with Crippen LogP contribution in [0.25, 0.3) is 0 Å². The minimum atomic E-state index is 0.366. The molecule has 1 atom stereocenters. The average Bonchev–Trinajstić information content (AvgIpc) is 2.04. The molecule has 0 aromatic carbocycles. The molecular formula is C10H16O2. The molecule has 0 bridgehead atoms. The van der Waals surface area contributed by atoms with Gasteiger partial charge in [-0.15, -0.1) is 0 Å². The monoisotopic (exact) mass is 168 g/mol. The van der Waals surface area contributed by atoms with Crippen LogP contribution in [0.15, 0.2) is 24.0 Å². The third-order valence-electron chi connectivity index (χ3n) is 1.69. The molecule has 0 radical (unpaired) electrons. The second-order valence-corrected chi connectivity index (χ2v) is 2.96. The van der Waals surface area contributed by atoms with Crippen LogP contribution in [0.2, 0.25) is 0 Å². The Balaban J connectivity index is 3.62.